The molecule has 0 radical (unpaired) electrons. The third kappa shape index (κ3) is 6.16. The highest BCUT2D eigenvalue weighted by Crippen LogP contribution is 2.28. The number of carbonyl (C=O) groups excluding carboxylic acids is 2. The molecule has 1 amide bonds. The zero-order valence-corrected chi connectivity index (χ0v) is 16.9. The van der Waals surface area contributed by atoms with E-state index in [-0.39, 0.29) is 18.9 Å². The van der Waals surface area contributed by atoms with Gasteiger partial charge in [-0.15, -0.1) is 0 Å². The summed E-state index contributed by atoms with van der Waals surface area (Å²) in [7, 11) is 0. The average molecular weight is 384 g/mol. The normalized spacial score (nSPS) is 11.9. The highest BCUT2D eigenvalue weighted by atomic mass is 16.5. The van der Waals surface area contributed by atoms with Crippen LogP contribution in [0.15, 0.2) is 36.7 Å². The van der Waals surface area contributed by atoms with Crippen molar-refractivity contribution in [1.29, 1.82) is 0 Å². The van der Waals surface area contributed by atoms with Gasteiger partial charge >= 0.3 is 5.97 Å². The van der Waals surface area contributed by atoms with E-state index in [0.717, 1.165) is 22.3 Å². The van der Waals surface area contributed by atoms with Crippen molar-refractivity contribution in [1.82, 2.24) is 10.3 Å². The van der Waals surface area contributed by atoms with Crippen LogP contribution < -0.4 is 10.1 Å². The van der Waals surface area contributed by atoms with Crippen molar-refractivity contribution < 1.29 is 19.4 Å². The molecule has 1 heterocycles. The Morgan fingerprint density at radius 2 is 1.86 bits per heavy atom. The van der Waals surface area contributed by atoms with Crippen molar-refractivity contribution in [2.75, 3.05) is 6.54 Å². The first-order valence-electron chi connectivity index (χ1n) is 9.46. The van der Waals surface area contributed by atoms with Crippen LogP contribution in [0.5, 0.6) is 5.75 Å². The van der Waals surface area contributed by atoms with E-state index in [2.05, 4.69) is 10.3 Å². The van der Waals surface area contributed by atoms with Gasteiger partial charge in [0.05, 0.1) is 12.6 Å². The number of esters is 1. The van der Waals surface area contributed by atoms with E-state index in [4.69, 9.17) is 4.74 Å². The van der Waals surface area contributed by atoms with E-state index in [1.54, 1.807) is 12.3 Å². The molecule has 2 rings (SSSR count). The second-order valence-electron chi connectivity index (χ2n) is 7.34. The first kappa shape index (κ1) is 21.6. The fourth-order valence-electron chi connectivity index (χ4n) is 3.02. The molecular formula is C22H28N2O4. The van der Waals surface area contributed by atoms with Gasteiger partial charge in [-0.3, -0.25) is 14.6 Å². The number of ether oxygens (including phenoxy) is 1. The van der Waals surface area contributed by atoms with Crippen LogP contribution in [0.25, 0.3) is 11.1 Å². The predicted octanol–water partition coefficient (Wildman–Crippen LogP) is 3.18. The van der Waals surface area contributed by atoms with Gasteiger partial charge < -0.3 is 15.2 Å². The minimum atomic E-state index is -1.06. The molecule has 1 aromatic heterocycles. The molecule has 0 unspecified atom stereocenters. The molecule has 0 saturated heterocycles. The fourth-order valence-corrected chi connectivity index (χ4v) is 3.02. The third-order valence-electron chi connectivity index (χ3n) is 4.34. The van der Waals surface area contributed by atoms with Crippen molar-refractivity contribution in [3.05, 3.63) is 47.8 Å². The zero-order chi connectivity index (χ0) is 20.7. The molecule has 0 fully saturated rings. The van der Waals surface area contributed by atoms with Crippen molar-refractivity contribution in [3.8, 4) is 16.9 Å². The van der Waals surface area contributed by atoms with Crippen molar-refractivity contribution in [2.24, 2.45) is 5.92 Å². The van der Waals surface area contributed by atoms with Gasteiger partial charge in [0.1, 0.15) is 11.9 Å². The van der Waals surface area contributed by atoms with Crippen LogP contribution in [0.2, 0.25) is 0 Å². The van der Waals surface area contributed by atoms with Gasteiger partial charge in [0, 0.05) is 18.3 Å². The Morgan fingerprint density at radius 1 is 1.18 bits per heavy atom. The Kier molecular flexibility index (Phi) is 7.70. The summed E-state index contributed by atoms with van der Waals surface area (Å²) in [6, 6.07) is 7.83. The maximum absolute atomic E-state index is 12.1. The van der Waals surface area contributed by atoms with Gasteiger partial charge in [-0.05, 0) is 48.9 Å². The molecule has 0 aliphatic rings. The van der Waals surface area contributed by atoms with Gasteiger partial charge in [0.25, 0.3) is 0 Å². The molecule has 0 aliphatic heterocycles. The molecule has 1 atom stereocenters. The van der Waals surface area contributed by atoms with E-state index in [1.165, 1.54) is 6.20 Å². The van der Waals surface area contributed by atoms with Crippen LogP contribution in [0.4, 0.5) is 0 Å². The highest BCUT2D eigenvalue weighted by molar-refractivity contribution is 5.81. The molecule has 150 valence electrons. The number of aromatic nitrogens is 1. The number of nitrogens with zero attached hydrogens (tertiary/aromatic N) is 1. The summed E-state index contributed by atoms with van der Waals surface area (Å²) in [5.74, 6) is -0.377. The SMILES string of the molecule is Cc1cccc(C)c1-c1cncc(OC(=O)CCNC(=O)[C@H](O)CC(C)C)c1. The number of hydrogen-bond acceptors (Lipinski definition) is 5. The molecule has 2 aromatic rings. The Balaban J connectivity index is 1.92. The zero-order valence-electron chi connectivity index (χ0n) is 16.9. The second kappa shape index (κ2) is 9.99. The number of aryl methyl sites for hydroxylation is 2. The number of pyridine rings is 1. The van der Waals surface area contributed by atoms with E-state index >= 15 is 0 Å². The first-order valence-corrected chi connectivity index (χ1v) is 9.46. The van der Waals surface area contributed by atoms with E-state index < -0.39 is 18.0 Å². The molecule has 0 bridgehead atoms. The molecule has 0 spiro atoms. The third-order valence-corrected chi connectivity index (χ3v) is 4.34. The van der Waals surface area contributed by atoms with E-state index in [0.29, 0.717) is 12.2 Å². The summed E-state index contributed by atoms with van der Waals surface area (Å²) >= 11 is 0. The molecule has 1 aromatic carbocycles. The van der Waals surface area contributed by atoms with E-state index in [1.807, 2.05) is 45.9 Å². The molecular weight excluding hydrogens is 356 g/mol. The van der Waals surface area contributed by atoms with Gasteiger partial charge in [0.2, 0.25) is 5.91 Å². The Morgan fingerprint density at radius 3 is 2.50 bits per heavy atom. The van der Waals surface area contributed by atoms with Crippen molar-refractivity contribution in [3.63, 3.8) is 0 Å². The number of aliphatic hydroxyl groups is 1. The lowest BCUT2D eigenvalue weighted by Crippen LogP contribution is -2.36. The van der Waals surface area contributed by atoms with Crippen molar-refractivity contribution >= 4 is 11.9 Å². The summed E-state index contributed by atoms with van der Waals surface area (Å²) in [6.45, 7) is 8.01. The second-order valence-corrected chi connectivity index (χ2v) is 7.34. The lowest BCUT2D eigenvalue weighted by molar-refractivity contribution is -0.134. The number of aliphatic hydroxyl groups excluding tert-OH is 1. The maximum atomic E-state index is 12.1. The summed E-state index contributed by atoms with van der Waals surface area (Å²) in [5, 5.41) is 12.3. The number of amides is 1. The topological polar surface area (TPSA) is 88.5 Å². The van der Waals surface area contributed by atoms with Crippen LogP contribution in [-0.2, 0) is 9.59 Å². The van der Waals surface area contributed by atoms with Crippen molar-refractivity contribution in [2.45, 2.75) is 46.6 Å². The largest absolute Gasteiger partial charge is 0.425 e. The Hall–Kier alpha value is -2.73. The van der Waals surface area contributed by atoms with Crippen LogP contribution in [0.1, 0.15) is 37.8 Å². The van der Waals surface area contributed by atoms with Gasteiger partial charge in [-0.1, -0.05) is 32.0 Å². The number of hydrogen-bond donors (Lipinski definition) is 2. The lowest BCUT2D eigenvalue weighted by Gasteiger charge is -2.13. The minimum absolute atomic E-state index is 0.00770. The molecule has 0 aliphatic carbocycles. The van der Waals surface area contributed by atoms with E-state index in [9.17, 15) is 14.7 Å². The smallest absolute Gasteiger partial charge is 0.313 e. The van der Waals surface area contributed by atoms with Gasteiger partial charge in [0.15, 0.2) is 0 Å². The summed E-state index contributed by atoms with van der Waals surface area (Å²) in [5.41, 5.74) is 4.19. The summed E-state index contributed by atoms with van der Waals surface area (Å²) < 4.78 is 5.35. The standard InChI is InChI=1S/C22H28N2O4/c1-14(2)10-19(25)22(27)24-9-8-20(26)28-18-11-17(12-23-13-18)21-15(3)6-5-7-16(21)4/h5-7,11-14,19,25H,8-10H2,1-4H3,(H,24,27)/t19-/m1/s1. The first-order chi connectivity index (χ1) is 13.3. The fraction of sp³-hybridized carbons (Fsp3) is 0.409. The predicted molar refractivity (Wildman–Crippen MR) is 108 cm³/mol. The van der Waals surface area contributed by atoms with Gasteiger partial charge in [-0.25, -0.2) is 0 Å². The number of nitrogens with one attached hydrogen (secondary N) is 1. The molecule has 0 saturated carbocycles. The number of carbonyl (C=O) groups is 2. The monoisotopic (exact) mass is 384 g/mol. The molecule has 28 heavy (non-hydrogen) atoms. The van der Waals surface area contributed by atoms with Crippen LogP contribution in [0, 0.1) is 19.8 Å². The Bertz CT molecular complexity index is 813. The highest BCUT2D eigenvalue weighted by Gasteiger charge is 2.16. The van der Waals surface area contributed by atoms with Gasteiger partial charge in [-0.2, -0.15) is 0 Å². The van der Waals surface area contributed by atoms with Crippen LogP contribution in [-0.4, -0.2) is 34.6 Å². The molecule has 2 N–H and O–H groups in total. The molecule has 6 heteroatoms. The minimum Gasteiger partial charge on any atom is -0.425 e. The maximum Gasteiger partial charge on any atom is 0.313 e. The van der Waals surface area contributed by atoms with Crippen LogP contribution in [0.3, 0.4) is 0 Å². The number of rotatable bonds is 8. The number of benzene rings is 1. The average Bonchev–Trinajstić information content (AvgIpc) is 2.61. The quantitative estimate of drug-likeness (QED) is 0.683. The summed E-state index contributed by atoms with van der Waals surface area (Å²) in [6.07, 6.45) is 2.55. The van der Waals surface area contributed by atoms with Crippen LogP contribution >= 0.6 is 0 Å². The Labute approximate surface area is 166 Å². The lowest BCUT2D eigenvalue weighted by atomic mass is 9.97. The summed E-state index contributed by atoms with van der Waals surface area (Å²) in [4.78, 5) is 28.0. The molecule has 6 nitrogen and oxygen atoms in total.